The van der Waals surface area contributed by atoms with Crippen LogP contribution in [0.2, 0.25) is 0 Å². The first-order chi connectivity index (χ1) is 9.01. The zero-order valence-corrected chi connectivity index (χ0v) is 12.2. The summed E-state index contributed by atoms with van der Waals surface area (Å²) in [5, 5.41) is 18.9. The summed E-state index contributed by atoms with van der Waals surface area (Å²) in [7, 11) is 0. The molecule has 0 bridgehead atoms. The number of rotatable bonds is 2. The third-order valence-electron chi connectivity index (χ3n) is 2.81. The van der Waals surface area contributed by atoms with Gasteiger partial charge in [0.25, 0.3) is 0 Å². The van der Waals surface area contributed by atoms with Crippen molar-refractivity contribution < 1.29 is 0 Å². The fraction of sp³-hybridized carbons (Fsp3) is 0.286. The van der Waals surface area contributed by atoms with Gasteiger partial charge in [-0.1, -0.05) is 0 Å². The molecule has 0 aliphatic rings. The van der Waals surface area contributed by atoms with Crippen LogP contribution in [0.3, 0.4) is 0 Å². The third-order valence-corrected chi connectivity index (χ3v) is 3.71. The van der Waals surface area contributed by atoms with Crippen LogP contribution in [-0.4, -0.2) is 15.2 Å². The average molecular weight is 270 g/mol. The quantitative estimate of drug-likeness (QED) is 0.839. The number of nitrogens with zero attached hydrogens (tertiary/aromatic N) is 4. The van der Waals surface area contributed by atoms with Crippen molar-refractivity contribution in [1.29, 1.82) is 5.26 Å². The fourth-order valence-electron chi connectivity index (χ4n) is 1.75. The first kappa shape index (κ1) is 13.5. The summed E-state index contributed by atoms with van der Waals surface area (Å²) in [5.41, 5.74) is 4.35. The Morgan fingerprint density at radius 1 is 1.11 bits per heavy atom. The summed E-state index contributed by atoms with van der Waals surface area (Å²) in [5.74, 6) is 0. The number of pyridine rings is 1. The van der Waals surface area contributed by atoms with Gasteiger partial charge in [-0.05, 0) is 62.7 Å². The molecule has 0 spiro atoms. The second-order valence-corrected chi connectivity index (χ2v) is 5.44. The lowest BCUT2D eigenvalue weighted by molar-refractivity contribution is 0.868. The molecular formula is C14H14N4S. The van der Waals surface area contributed by atoms with E-state index in [-0.39, 0.29) is 0 Å². The van der Waals surface area contributed by atoms with Gasteiger partial charge in [0, 0.05) is 5.69 Å². The van der Waals surface area contributed by atoms with Crippen LogP contribution in [0.25, 0.3) is 0 Å². The van der Waals surface area contributed by atoms with Gasteiger partial charge in [-0.25, -0.2) is 4.98 Å². The van der Waals surface area contributed by atoms with Gasteiger partial charge in [-0.2, -0.15) is 10.4 Å². The highest BCUT2D eigenvalue weighted by molar-refractivity contribution is 7.99. The summed E-state index contributed by atoms with van der Waals surface area (Å²) < 4.78 is 0. The molecule has 0 radical (unpaired) electrons. The van der Waals surface area contributed by atoms with Gasteiger partial charge in [-0.3, -0.25) is 0 Å². The maximum atomic E-state index is 9.26. The zero-order chi connectivity index (χ0) is 14.0. The number of aryl methyl sites for hydroxylation is 3. The Morgan fingerprint density at radius 3 is 2.47 bits per heavy atom. The van der Waals surface area contributed by atoms with E-state index < -0.39 is 0 Å². The molecule has 0 amide bonds. The normalized spacial score (nSPS) is 10.3. The molecule has 0 aliphatic carbocycles. The molecule has 2 aromatic heterocycles. The van der Waals surface area contributed by atoms with Gasteiger partial charge in [0.05, 0.1) is 11.3 Å². The van der Waals surface area contributed by atoms with Crippen molar-refractivity contribution in [3.63, 3.8) is 0 Å². The van der Waals surface area contributed by atoms with Crippen molar-refractivity contribution in [2.45, 2.75) is 37.7 Å². The SMILES string of the molecule is Cc1cc(C)nc(Sc2nnc(C)c(C)c2C#N)c1. The van der Waals surface area contributed by atoms with Crippen molar-refractivity contribution in [3.05, 3.63) is 40.2 Å². The van der Waals surface area contributed by atoms with Gasteiger partial charge in [0.2, 0.25) is 0 Å². The van der Waals surface area contributed by atoms with Gasteiger partial charge >= 0.3 is 0 Å². The van der Waals surface area contributed by atoms with Gasteiger partial charge in [0.15, 0.2) is 0 Å². The van der Waals surface area contributed by atoms with Crippen LogP contribution in [0.4, 0.5) is 0 Å². The molecule has 96 valence electrons. The van der Waals surface area contributed by atoms with E-state index in [2.05, 4.69) is 21.3 Å². The molecule has 4 nitrogen and oxygen atoms in total. The second kappa shape index (κ2) is 5.37. The van der Waals surface area contributed by atoms with E-state index in [4.69, 9.17) is 0 Å². The smallest absolute Gasteiger partial charge is 0.143 e. The van der Waals surface area contributed by atoms with E-state index in [1.165, 1.54) is 11.8 Å². The molecule has 2 rings (SSSR count). The summed E-state index contributed by atoms with van der Waals surface area (Å²) >= 11 is 1.38. The van der Waals surface area contributed by atoms with Crippen LogP contribution < -0.4 is 0 Å². The Kier molecular flexibility index (Phi) is 3.82. The highest BCUT2D eigenvalue weighted by Crippen LogP contribution is 2.29. The standard InChI is InChI=1S/C14H14N4S/c1-8-5-9(2)16-13(6-8)19-14-12(7-15)10(3)11(4)17-18-14/h5-6H,1-4H3. The molecule has 0 aliphatic heterocycles. The number of hydrogen-bond donors (Lipinski definition) is 0. The van der Waals surface area contributed by atoms with E-state index in [9.17, 15) is 5.26 Å². The first-order valence-electron chi connectivity index (χ1n) is 5.88. The molecule has 0 atom stereocenters. The Balaban J connectivity index is 2.44. The fourth-order valence-corrected chi connectivity index (χ4v) is 2.76. The predicted octanol–water partition coefficient (Wildman–Crippen LogP) is 3.13. The van der Waals surface area contributed by atoms with Crippen LogP contribution in [0.15, 0.2) is 22.2 Å². The van der Waals surface area contributed by atoms with Crippen LogP contribution in [-0.2, 0) is 0 Å². The van der Waals surface area contributed by atoms with Gasteiger partial charge in [0.1, 0.15) is 16.1 Å². The Bertz CT molecular complexity index is 654. The van der Waals surface area contributed by atoms with Gasteiger partial charge in [-0.15, -0.1) is 5.10 Å². The third kappa shape index (κ3) is 2.91. The Morgan fingerprint density at radius 2 is 1.84 bits per heavy atom. The second-order valence-electron chi connectivity index (χ2n) is 4.43. The number of hydrogen-bond acceptors (Lipinski definition) is 5. The molecular weight excluding hydrogens is 256 g/mol. The van der Waals surface area contributed by atoms with Crippen LogP contribution in [0.5, 0.6) is 0 Å². The lowest BCUT2D eigenvalue weighted by Crippen LogP contribution is -1.99. The molecule has 0 fully saturated rings. The lowest BCUT2D eigenvalue weighted by Gasteiger charge is -2.07. The highest BCUT2D eigenvalue weighted by Gasteiger charge is 2.13. The van der Waals surface area contributed by atoms with Crippen molar-refractivity contribution >= 4 is 11.8 Å². The van der Waals surface area contributed by atoms with E-state index >= 15 is 0 Å². The maximum absolute atomic E-state index is 9.26. The minimum absolute atomic E-state index is 0.582. The molecule has 0 saturated carbocycles. The number of aromatic nitrogens is 3. The summed E-state index contributed by atoms with van der Waals surface area (Å²) in [6.45, 7) is 7.72. The summed E-state index contributed by atoms with van der Waals surface area (Å²) in [4.78, 5) is 4.44. The van der Waals surface area contributed by atoms with Crippen LogP contribution >= 0.6 is 11.8 Å². The largest absolute Gasteiger partial charge is 0.246 e. The van der Waals surface area contributed by atoms with Crippen LogP contribution in [0, 0.1) is 39.0 Å². The molecule has 19 heavy (non-hydrogen) atoms. The van der Waals surface area contributed by atoms with Crippen molar-refractivity contribution in [1.82, 2.24) is 15.2 Å². The molecule has 0 saturated heterocycles. The van der Waals surface area contributed by atoms with E-state index in [1.807, 2.05) is 39.8 Å². The first-order valence-corrected chi connectivity index (χ1v) is 6.70. The Labute approximate surface area is 116 Å². The molecule has 2 aromatic rings. The minimum Gasteiger partial charge on any atom is -0.246 e. The maximum Gasteiger partial charge on any atom is 0.143 e. The molecule has 0 N–H and O–H groups in total. The summed E-state index contributed by atoms with van der Waals surface area (Å²) in [6, 6.07) is 6.20. The van der Waals surface area contributed by atoms with E-state index in [0.29, 0.717) is 10.6 Å². The number of nitriles is 1. The summed E-state index contributed by atoms with van der Waals surface area (Å²) in [6.07, 6.45) is 0. The van der Waals surface area contributed by atoms with Crippen molar-refractivity contribution in [2.24, 2.45) is 0 Å². The van der Waals surface area contributed by atoms with E-state index in [1.54, 1.807) is 0 Å². The molecule has 5 heteroatoms. The minimum atomic E-state index is 0.582. The monoisotopic (exact) mass is 270 g/mol. The van der Waals surface area contributed by atoms with Gasteiger partial charge < -0.3 is 0 Å². The molecule has 0 aromatic carbocycles. The molecule has 2 heterocycles. The van der Waals surface area contributed by atoms with Crippen molar-refractivity contribution in [3.8, 4) is 6.07 Å². The van der Waals surface area contributed by atoms with E-state index in [0.717, 1.165) is 27.5 Å². The zero-order valence-electron chi connectivity index (χ0n) is 11.4. The highest BCUT2D eigenvalue weighted by atomic mass is 32.2. The molecule has 0 unspecified atom stereocenters. The van der Waals surface area contributed by atoms with Crippen LogP contribution in [0.1, 0.15) is 28.1 Å². The predicted molar refractivity (Wildman–Crippen MR) is 74.1 cm³/mol. The average Bonchev–Trinajstić information content (AvgIpc) is 2.33. The lowest BCUT2D eigenvalue weighted by atomic mass is 10.1. The topological polar surface area (TPSA) is 62.5 Å². The van der Waals surface area contributed by atoms with Crippen molar-refractivity contribution in [2.75, 3.05) is 0 Å². The Hall–Kier alpha value is -1.93.